The van der Waals surface area contributed by atoms with Crippen molar-refractivity contribution in [2.24, 2.45) is 5.73 Å². The second-order valence-corrected chi connectivity index (χ2v) is 6.48. The van der Waals surface area contributed by atoms with E-state index in [2.05, 4.69) is 21.7 Å². The zero-order valence-corrected chi connectivity index (χ0v) is 15.1. The van der Waals surface area contributed by atoms with Gasteiger partial charge in [0.1, 0.15) is 5.82 Å². The summed E-state index contributed by atoms with van der Waals surface area (Å²) in [6, 6.07) is 16.3. The van der Waals surface area contributed by atoms with Gasteiger partial charge in [-0.2, -0.15) is 0 Å². The van der Waals surface area contributed by atoms with Gasteiger partial charge in [0.25, 0.3) is 5.91 Å². The maximum atomic E-state index is 13.9. The number of rotatable bonds is 5. The van der Waals surface area contributed by atoms with Crippen LogP contribution in [-0.2, 0) is 6.54 Å². The third-order valence-corrected chi connectivity index (χ3v) is 4.50. The Morgan fingerprint density at radius 2 is 1.96 bits per heavy atom. The minimum absolute atomic E-state index is 0.268. The Balaban J connectivity index is 1.57. The molecule has 0 saturated carbocycles. The number of benzene rings is 2. The number of fused-ring (bicyclic) bond motifs is 1. The van der Waals surface area contributed by atoms with Crippen LogP contribution in [-0.4, -0.2) is 20.5 Å². The summed E-state index contributed by atoms with van der Waals surface area (Å²) in [6.45, 7) is 2.35. The fraction of sp³-hybridized carbons (Fsp3) is 0.0952. The van der Waals surface area contributed by atoms with Crippen molar-refractivity contribution in [3.63, 3.8) is 0 Å². The summed E-state index contributed by atoms with van der Waals surface area (Å²) < 4.78 is 15.5. The van der Waals surface area contributed by atoms with Crippen molar-refractivity contribution in [3.8, 4) is 11.3 Å². The van der Waals surface area contributed by atoms with Gasteiger partial charge in [0.05, 0.1) is 16.9 Å². The first kappa shape index (κ1) is 17.7. The van der Waals surface area contributed by atoms with Gasteiger partial charge in [-0.15, -0.1) is 5.10 Å². The number of nitrogens with one attached hydrogen (secondary N) is 1. The van der Waals surface area contributed by atoms with Gasteiger partial charge in [-0.1, -0.05) is 30.3 Å². The summed E-state index contributed by atoms with van der Waals surface area (Å²) in [7, 11) is 0. The molecule has 2 aromatic heterocycles. The summed E-state index contributed by atoms with van der Waals surface area (Å²) in [5.74, 6) is -0.835. The SMILES string of the molecule is Cc1ccc(NCc2ccc(-c3ccc(C(N)=O)c4n[c]nn34)cc2)c(F)c1. The van der Waals surface area contributed by atoms with Crippen LogP contribution in [0.15, 0.2) is 54.6 Å². The Morgan fingerprint density at radius 3 is 2.68 bits per heavy atom. The Morgan fingerprint density at radius 1 is 1.18 bits per heavy atom. The van der Waals surface area contributed by atoms with Gasteiger partial charge in [-0.25, -0.2) is 13.9 Å². The third kappa shape index (κ3) is 3.29. The van der Waals surface area contributed by atoms with Crippen LogP contribution >= 0.6 is 0 Å². The normalized spacial score (nSPS) is 10.9. The number of amides is 1. The topological polar surface area (TPSA) is 85.3 Å². The molecule has 0 aliphatic heterocycles. The monoisotopic (exact) mass is 374 g/mol. The lowest BCUT2D eigenvalue weighted by Gasteiger charge is -2.10. The predicted octanol–water partition coefficient (Wildman–Crippen LogP) is 3.36. The lowest BCUT2D eigenvalue weighted by molar-refractivity contribution is 0.100. The summed E-state index contributed by atoms with van der Waals surface area (Å²) in [5.41, 5.74) is 10.0. The molecular formula is C21H17FN5O. The average molecular weight is 374 g/mol. The molecule has 0 unspecified atom stereocenters. The Bertz CT molecular complexity index is 1170. The molecule has 1 amide bonds. The smallest absolute Gasteiger partial charge is 0.252 e. The number of aryl methyl sites for hydroxylation is 1. The van der Waals surface area contributed by atoms with Crippen LogP contribution in [0.2, 0.25) is 0 Å². The molecule has 28 heavy (non-hydrogen) atoms. The molecule has 0 atom stereocenters. The van der Waals surface area contributed by atoms with E-state index in [0.29, 0.717) is 23.4 Å². The van der Waals surface area contributed by atoms with Crippen molar-refractivity contribution in [1.29, 1.82) is 0 Å². The number of carbonyl (C=O) groups excluding carboxylic acids is 1. The molecular weight excluding hydrogens is 357 g/mol. The zero-order valence-electron chi connectivity index (χ0n) is 15.1. The van der Waals surface area contributed by atoms with Crippen LogP contribution in [0.4, 0.5) is 10.1 Å². The van der Waals surface area contributed by atoms with Crippen LogP contribution in [0.25, 0.3) is 16.9 Å². The van der Waals surface area contributed by atoms with Crippen LogP contribution < -0.4 is 11.1 Å². The van der Waals surface area contributed by atoms with Crippen molar-refractivity contribution in [1.82, 2.24) is 14.6 Å². The number of hydrogen-bond acceptors (Lipinski definition) is 4. The first-order valence-corrected chi connectivity index (χ1v) is 8.68. The molecule has 0 fully saturated rings. The summed E-state index contributed by atoms with van der Waals surface area (Å²) in [5, 5.41) is 7.17. The quantitative estimate of drug-likeness (QED) is 0.561. The van der Waals surface area contributed by atoms with Crippen LogP contribution in [0, 0.1) is 19.1 Å². The predicted molar refractivity (Wildman–Crippen MR) is 104 cm³/mol. The Labute approximate surface area is 160 Å². The van der Waals surface area contributed by atoms with Gasteiger partial charge >= 0.3 is 0 Å². The second kappa shape index (κ2) is 7.11. The first-order chi connectivity index (χ1) is 13.5. The number of carbonyl (C=O) groups is 1. The van der Waals surface area contributed by atoms with E-state index >= 15 is 0 Å². The highest BCUT2D eigenvalue weighted by Gasteiger charge is 2.13. The van der Waals surface area contributed by atoms with Crippen molar-refractivity contribution < 1.29 is 9.18 Å². The van der Waals surface area contributed by atoms with E-state index in [0.717, 1.165) is 22.4 Å². The Hall–Kier alpha value is -3.74. The fourth-order valence-corrected chi connectivity index (χ4v) is 3.02. The van der Waals surface area contributed by atoms with Gasteiger partial charge in [-0.05, 0) is 42.3 Å². The van der Waals surface area contributed by atoms with Crippen LogP contribution in [0.5, 0.6) is 0 Å². The molecule has 4 aromatic rings. The highest BCUT2D eigenvalue weighted by molar-refractivity contribution is 5.99. The molecule has 0 bridgehead atoms. The minimum atomic E-state index is -0.567. The average Bonchev–Trinajstić information content (AvgIpc) is 3.17. The molecule has 4 rings (SSSR count). The van der Waals surface area contributed by atoms with Crippen LogP contribution in [0.3, 0.4) is 0 Å². The highest BCUT2D eigenvalue weighted by atomic mass is 19.1. The molecule has 0 spiro atoms. The summed E-state index contributed by atoms with van der Waals surface area (Å²) in [6.07, 6.45) is 2.51. The molecule has 6 nitrogen and oxygen atoms in total. The number of nitrogens with two attached hydrogens (primary N) is 1. The maximum absolute atomic E-state index is 13.9. The van der Waals surface area contributed by atoms with Crippen LogP contribution in [0.1, 0.15) is 21.5 Å². The highest BCUT2D eigenvalue weighted by Crippen LogP contribution is 2.23. The van der Waals surface area contributed by atoms with Crippen molar-refractivity contribution in [2.45, 2.75) is 13.5 Å². The van der Waals surface area contributed by atoms with Gasteiger partial charge in [0.15, 0.2) is 5.65 Å². The zero-order chi connectivity index (χ0) is 19.7. The molecule has 7 heteroatoms. The van der Waals surface area contributed by atoms with E-state index in [1.807, 2.05) is 37.3 Å². The van der Waals surface area contributed by atoms with Crippen molar-refractivity contribution >= 4 is 17.2 Å². The molecule has 0 aliphatic rings. The number of aromatic nitrogens is 3. The second-order valence-electron chi connectivity index (χ2n) is 6.48. The number of pyridine rings is 1. The van der Waals surface area contributed by atoms with E-state index in [1.54, 1.807) is 18.2 Å². The number of primary amides is 1. The standard InChI is InChI=1S/C21H17FN5O/c1-13-2-8-18(17(22)10-13)24-11-14-3-5-15(6-4-14)19-9-7-16(20(23)28)21-25-12-26-27(19)21/h2-10,24H,11H2,1H3,(H2,23,28). The number of anilines is 1. The van der Waals surface area contributed by atoms with E-state index in [-0.39, 0.29) is 5.82 Å². The molecule has 2 aromatic carbocycles. The van der Waals surface area contributed by atoms with E-state index < -0.39 is 5.91 Å². The fourth-order valence-electron chi connectivity index (χ4n) is 3.02. The molecule has 2 heterocycles. The maximum Gasteiger partial charge on any atom is 0.252 e. The number of nitrogens with zero attached hydrogens (tertiary/aromatic N) is 3. The van der Waals surface area contributed by atoms with Crippen molar-refractivity contribution in [3.05, 3.63) is 83.4 Å². The van der Waals surface area contributed by atoms with E-state index in [4.69, 9.17) is 5.73 Å². The van der Waals surface area contributed by atoms with Gasteiger partial charge in [0, 0.05) is 12.1 Å². The van der Waals surface area contributed by atoms with E-state index in [9.17, 15) is 9.18 Å². The van der Waals surface area contributed by atoms with E-state index in [1.165, 1.54) is 10.6 Å². The van der Waals surface area contributed by atoms with Crippen molar-refractivity contribution in [2.75, 3.05) is 5.32 Å². The molecule has 0 saturated heterocycles. The van der Waals surface area contributed by atoms with Gasteiger partial charge in [-0.3, -0.25) is 4.79 Å². The molecule has 1 radical (unpaired) electrons. The minimum Gasteiger partial charge on any atom is -0.379 e. The molecule has 139 valence electrons. The first-order valence-electron chi connectivity index (χ1n) is 8.68. The summed E-state index contributed by atoms with van der Waals surface area (Å²) in [4.78, 5) is 15.5. The summed E-state index contributed by atoms with van der Waals surface area (Å²) >= 11 is 0. The van der Waals surface area contributed by atoms with Gasteiger partial charge in [0.2, 0.25) is 6.33 Å². The largest absolute Gasteiger partial charge is 0.379 e. The van der Waals surface area contributed by atoms with Gasteiger partial charge < -0.3 is 11.1 Å². The lowest BCUT2D eigenvalue weighted by atomic mass is 10.1. The third-order valence-electron chi connectivity index (χ3n) is 4.50. The Kier molecular flexibility index (Phi) is 4.49. The number of hydrogen-bond donors (Lipinski definition) is 2. The lowest BCUT2D eigenvalue weighted by Crippen LogP contribution is -2.13. The molecule has 0 aliphatic carbocycles. The molecule has 3 N–H and O–H groups in total. The number of halogens is 1.